The van der Waals surface area contributed by atoms with Gasteiger partial charge in [-0.05, 0) is 55.0 Å². The lowest BCUT2D eigenvalue weighted by Gasteiger charge is -2.31. The van der Waals surface area contributed by atoms with Crippen LogP contribution in [0.5, 0.6) is 5.75 Å². The van der Waals surface area contributed by atoms with E-state index in [0.29, 0.717) is 29.7 Å². The summed E-state index contributed by atoms with van der Waals surface area (Å²) in [6, 6.07) is 12.5. The van der Waals surface area contributed by atoms with Crippen molar-refractivity contribution >= 4 is 23.4 Å². The number of hydrogen-bond acceptors (Lipinski definition) is 3. The molecule has 0 aliphatic heterocycles. The van der Waals surface area contributed by atoms with Crippen LogP contribution in [-0.4, -0.2) is 35.9 Å². The average molecular weight is 445 g/mol. The fraction of sp³-hybridized carbons (Fsp3) is 0.440. The molecule has 2 aromatic carbocycles. The minimum absolute atomic E-state index is 0.150. The number of hydrogen-bond donors (Lipinski definition) is 1. The Morgan fingerprint density at radius 3 is 2.45 bits per heavy atom. The highest BCUT2D eigenvalue weighted by atomic mass is 35.5. The van der Waals surface area contributed by atoms with E-state index >= 15 is 0 Å². The van der Waals surface area contributed by atoms with E-state index < -0.39 is 6.04 Å². The molecule has 0 heterocycles. The molecular weight excluding hydrogens is 412 g/mol. The standard InChI is InChI=1S/C25H33ClN2O3/c1-6-22(25(30)27-14-17(2)3)28(15-20-11-7-8-12-21(20)26)24(29)16-31-23-13-9-10-18(4)19(23)5/h7-13,17,22H,6,14-16H2,1-5H3,(H,27,30). The van der Waals surface area contributed by atoms with Gasteiger partial charge in [0, 0.05) is 18.1 Å². The molecule has 5 nitrogen and oxygen atoms in total. The fourth-order valence-corrected chi connectivity index (χ4v) is 3.45. The van der Waals surface area contributed by atoms with Crippen LogP contribution in [0.25, 0.3) is 0 Å². The minimum Gasteiger partial charge on any atom is -0.483 e. The summed E-state index contributed by atoms with van der Waals surface area (Å²) in [4.78, 5) is 27.7. The highest BCUT2D eigenvalue weighted by Crippen LogP contribution is 2.22. The Hall–Kier alpha value is -2.53. The third-order valence-electron chi connectivity index (χ3n) is 5.28. The molecule has 2 rings (SSSR count). The summed E-state index contributed by atoms with van der Waals surface area (Å²) in [6.45, 7) is 10.6. The molecule has 0 aromatic heterocycles. The van der Waals surface area contributed by atoms with E-state index in [1.165, 1.54) is 0 Å². The highest BCUT2D eigenvalue weighted by molar-refractivity contribution is 6.31. The van der Waals surface area contributed by atoms with Crippen LogP contribution in [0.1, 0.15) is 43.9 Å². The Morgan fingerprint density at radius 1 is 1.10 bits per heavy atom. The topological polar surface area (TPSA) is 58.6 Å². The summed E-state index contributed by atoms with van der Waals surface area (Å²) >= 11 is 6.34. The lowest BCUT2D eigenvalue weighted by molar-refractivity contribution is -0.143. The predicted octanol–water partition coefficient (Wildman–Crippen LogP) is 4.92. The largest absolute Gasteiger partial charge is 0.483 e. The molecule has 1 unspecified atom stereocenters. The molecule has 0 saturated heterocycles. The van der Waals surface area contributed by atoms with Gasteiger partial charge >= 0.3 is 0 Å². The lowest BCUT2D eigenvalue weighted by atomic mass is 10.1. The van der Waals surface area contributed by atoms with Gasteiger partial charge in [0.1, 0.15) is 11.8 Å². The van der Waals surface area contributed by atoms with Crippen LogP contribution in [-0.2, 0) is 16.1 Å². The Labute approximate surface area is 190 Å². The van der Waals surface area contributed by atoms with E-state index in [0.717, 1.165) is 16.7 Å². The monoisotopic (exact) mass is 444 g/mol. The van der Waals surface area contributed by atoms with Gasteiger partial charge in [-0.3, -0.25) is 9.59 Å². The molecule has 168 valence electrons. The third-order valence-corrected chi connectivity index (χ3v) is 5.64. The average Bonchev–Trinajstić information content (AvgIpc) is 2.74. The smallest absolute Gasteiger partial charge is 0.261 e. The number of benzene rings is 2. The quantitative estimate of drug-likeness (QED) is 0.566. The van der Waals surface area contributed by atoms with Gasteiger partial charge in [0.15, 0.2) is 6.61 Å². The van der Waals surface area contributed by atoms with Crippen LogP contribution in [0, 0.1) is 19.8 Å². The van der Waals surface area contributed by atoms with E-state index in [9.17, 15) is 9.59 Å². The summed E-state index contributed by atoms with van der Waals surface area (Å²) in [5.74, 6) is 0.570. The number of amides is 2. The molecule has 1 atom stereocenters. The van der Waals surface area contributed by atoms with Gasteiger partial charge in [-0.25, -0.2) is 0 Å². The molecule has 2 amide bonds. The zero-order valence-electron chi connectivity index (χ0n) is 19.1. The van der Waals surface area contributed by atoms with Crippen molar-refractivity contribution in [3.63, 3.8) is 0 Å². The summed E-state index contributed by atoms with van der Waals surface area (Å²) in [5, 5.41) is 3.52. The summed E-state index contributed by atoms with van der Waals surface area (Å²) in [5.41, 5.74) is 2.88. The number of rotatable bonds is 10. The van der Waals surface area contributed by atoms with Gasteiger partial charge in [-0.2, -0.15) is 0 Å². The molecule has 1 N–H and O–H groups in total. The molecule has 0 bridgehead atoms. The lowest BCUT2D eigenvalue weighted by Crippen LogP contribution is -2.50. The Morgan fingerprint density at radius 2 is 1.81 bits per heavy atom. The minimum atomic E-state index is -0.607. The molecule has 0 radical (unpaired) electrons. The number of carbonyl (C=O) groups excluding carboxylic acids is 2. The third kappa shape index (κ3) is 7.00. The Balaban J connectivity index is 2.24. The first-order valence-electron chi connectivity index (χ1n) is 10.7. The van der Waals surface area contributed by atoms with Crippen molar-refractivity contribution in [1.82, 2.24) is 10.2 Å². The first-order chi connectivity index (χ1) is 14.7. The fourth-order valence-electron chi connectivity index (χ4n) is 3.26. The van der Waals surface area contributed by atoms with Gasteiger partial charge in [0.25, 0.3) is 5.91 Å². The van der Waals surface area contributed by atoms with E-state index in [-0.39, 0.29) is 25.0 Å². The molecule has 0 aliphatic rings. The maximum absolute atomic E-state index is 13.2. The van der Waals surface area contributed by atoms with Crippen molar-refractivity contribution < 1.29 is 14.3 Å². The van der Waals surface area contributed by atoms with Crippen molar-refractivity contribution in [2.24, 2.45) is 5.92 Å². The number of halogens is 1. The second-order valence-electron chi connectivity index (χ2n) is 8.16. The molecular formula is C25H33ClN2O3. The van der Waals surface area contributed by atoms with Crippen LogP contribution in [0.15, 0.2) is 42.5 Å². The number of ether oxygens (including phenoxy) is 1. The van der Waals surface area contributed by atoms with E-state index in [1.54, 1.807) is 11.0 Å². The van der Waals surface area contributed by atoms with E-state index in [1.807, 2.05) is 71.0 Å². The van der Waals surface area contributed by atoms with Gasteiger partial charge in [-0.15, -0.1) is 0 Å². The second kappa shape index (κ2) is 11.8. The summed E-state index contributed by atoms with van der Waals surface area (Å²) in [7, 11) is 0. The van der Waals surface area contributed by atoms with Crippen LogP contribution in [0.2, 0.25) is 5.02 Å². The molecule has 6 heteroatoms. The SMILES string of the molecule is CCC(C(=O)NCC(C)C)N(Cc1ccccc1Cl)C(=O)COc1cccc(C)c1C. The van der Waals surface area contributed by atoms with Gasteiger partial charge < -0.3 is 15.0 Å². The Kier molecular flexibility index (Phi) is 9.38. The summed E-state index contributed by atoms with van der Waals surface area (Å²) < 4.78 is 5.85. The number of carbonyl (C=O) groups is 2. The van der Waals surface area contributed by atoms with Gasteiger partial charge in [-0.1, -0.05) is 62.7 Å². The first kappa shape index (κ1) is 24.7. The van der Waals surface area contributed by atoms with Crippen molar-refractivity contribution in [3.8, 4) is 5.75 Å². The van der Waals surface area contributed by atoms with E-state index in [4.69, 9.17) is 16.3 Å². The number of nitrogens with zero attached hydrogens (tertiary/aromatic N) is 1. The van der Waals surface area contributed by atoms with Crippen LogP contribution in [0.4, 0.5) is 0 Å². The van der Waals surface area contributed by atoms with Gasteiger partial charge in [0.05, 0.1) is 0 Å². The maximum Gasteiger partial charge on any atom is 0.261 e. The molecule has 0 saturated carbocycles. The number of aryl methyl sites for hydroxylation is 1. The van der Waals surface area contributed by atoms with E-state index in [2.05, 4.69) is 5.32 Å². The molecule has 2 aromatic rings. The normalized spacial score (nSPS) is 11.8. The Bertz CT molecular complexity index is 898. The number of nitrogens with one attached hydrogen (secondary N) is 1. The molecule has 0 fully saturated rings. The molecule has 0 spiro atoms. The second-order valence-corrected chi connectivity index (χ2v) is 8.57. The molecule has 31 heavy (non-hydrogen) atoms. The van der Waals surface area contributed by atoms with Crippen LogP contribution >= 0.6 is 11.6 Å². The van der Waals surface area contributed by atoms with Crippen LogP contribution < -0.4 is 10.1 Å². The zero-order chi connectivity index (χ0) is 23.0. The van der Waals surface area contributed by atoms with Crippen LogP contribution in [0.3, 0.4) is 0 Å². The first-order valence-corrected chi connectivity index (χ1v) is 11.1. The predicted molar refractivity (Wildman–Crippen MR) is 125 cm³/mol. The van der Waals surface area contributed by atoms with Crippen molar-refractivity contribution in [2.45, 2.75) is 53.6 Å². The zero-order valence-corrected chi connectivity index (χ0v) is 19.8. The maximum atomic E-state index is 13.2. The molecule has 0 aliphatic carbocycles. The van der Waals surface area contributed by atoms with Crippen molar-refractivity contribution in [1.29, 1.82) is 0 Å². The van der Waals surface area contributed by atoms with Crippen molar-refractivity contribution in [2.75, 3.05) is 13.2 Å². The van der Waals surface area contributed by atoms with Gasteiger partial charge in [0.2, 0.25) is 5.91 Å². The summed E-state index contributed by atoms with van der Waals surface area (Å²) in [6.07, 6.45) is 0.490. The highest BCUT2D eigenvalue weighted by Gasteiger charge is 2.29. The van der Waals surface area contributed by atoms with Crippen molar-refractivity contribution in [3.05, 3.63) is 64.2 Å².